The highest BCUT2D eigenvalue weighted by molar-refractivity contribution is 5.96. The summed E-state index contributed by atoms with van der Waals surface area (Å²) in [5, 5.41) is 29.8. The minimum atomic E-state index is -0.377. The zero-order valence-electron chi connectivity index (χ0n) is 13.7. The van der Waals surface area contributed by atoms with Crippen LogP contribution in [-0.2, 0) is 12.8 Å². The standard InChI is InChI=1S/C19H16N4O3/c24-15-8-5-11(9-16(15)25)10-20-23-19(26)18-14-7-6-12-3-1-2-4-13(12)17(14)21-22-18/h1-5,8-10,24-25H,6-7H2,(H,21,22)(H,23,26)/b20-10-. The van der Waals surface area contributed by atoms with E-state index in [0.717, 1.165) is 29.7 Å². The molecule has 1 aliphatic rings. The number of nitrogens with zero attached hydrogens (tertiary/aromatic N) is 2. The summed E-state index contributed by atoms with van der Waals surface area (Å²) >= 11 is 0. The lowest BCUT2D eigenvalue weighted by Gasteiger charge is -2.15. The van der Waals surface area contributed by atoms with Gasteiger partial charge in [-0.3, -0.25) is 9.89 Å². The summed E-state index contributed by atoms with van der Waals surface area (Å²) < 4.78 is 0. The van der Waals surface area contributed by atoms with Crippen LogP contribution in [0.4, 0.5) is 0 Å². The average molecular weight is 348 g/mol. The molecule has 4 N–H and O–H groups in total. The van der Waals surface area contributed by atoms with Crippen molar-refractivity contribution in [2.24, 2.45) is 5.10 Å². The molecule has 4 rings (SSSR count). The quantitative estimate of drug-likeness (QED) is 0.331. The molecule has 130 valence electrons. The third-order valence-corrected chi connectivity index (χ3v) is 4.39. The van der Waals surface area contributed by atoms with Crippen molar-refractivity contribution in [2.75, 3.05) is 0 Å². The van der Waals surface area contributed by atoms with Crippen LogP contribution in [0.3, 0.4) is 0 Å². The summed E-state index contributed by atoms with van der Waals surface area (Å²) in [6.07, 6.45) is 2.98. The van der Waals surface area contributed by atoms with Gasteiger partial charge in [0.25, 0.3) is 5.91 Å². The fourth-order valence-corrected chi connectivity index (χ4v) is 3.09. The van der Waals surface area contributed by atoms with Gasteiger partial charge in [-0.25, -0.2) is 5.43 Å². The molecule has 1 amide bonds. The summed E-state index contributed by atoms with van der Waals surface area (Å²) in [6, 6.07) is 12.3. The molecule has 0 bridgehead atoms. The van der Waals surface area contributed by atoms with Crippen molar-refractivity contribution in [1.29, 1.82) is 0 Å². The van der Waals surface area contributed by atoms with Crippen LogP contribution in [0.5, 0.6) is 11.5 Å². The molecule has 0 spiro atoms. The van der Waals surface area contributed by atoms with Gasteiger partial charge in [-0.05, 0) is 42.2 Å². The van der Waals surface area contributed by atoms with Crippen molar-refractivity contribution in [1.82, 2.24) is 15.6 Å². The molecule has 1 aromatic heterocycles. The topological polar surface area (TPSA) is 111 Å². The van der Waals surface area contributed by atoms with Crippen molar-refractivity contribution in [3.05, 3.63) is 64.8 Å². The first-order chi connectivity index (χ1) is 12.6. The van der Waals surface area contributed by atoms with Gasteiger partial charge in [0.1, 0.15) is 5.69 Å². The highest BCUT2D eigenvalue weighted by Crippen LogP contribution is 2.33. The highest BCUT2D eigenvalue weighted by atomic mass is 16.3. The van der Waals surface area contributed by atoms with Crippen LogP contribution in [0.15, 0.2) is 47.6 Å². The van der Waals surface area contributed by atoms with E-state index in [-0.39, 0.29) is 17.4 Å². The van der Waals surface area contributed by atoms with E-state index in [1.54, 1.807) is 6.07 Å². The molecule has 1 heterocycles. The van der Waals surface area contributed by atoms with Crippen LogP contribution in [-0.4, -0.2) is 32.5 Å². The first-order valence-electron chi connectivity index (χ1n) is 8.14. The van der Waals surface area contributed by atoms with Gasteiger partial charge >= 0.3 is 0 Å². The largest absolute Gasteiger partial charge is 0.504 e. The van der Waals surface area contributed by atoms with Crippen LogP contribution in [0.25, 0.3) is 11.3 Å². The number of aromatic hydroxyl groups is 2. The molecule has 0 radical (unpaired) electrons. The normalized spacial score (nSPS) is 12.6. The second-order valence-corrected chi connectivity index (χ2v) is 6.03. The molecule has 0 fully saturated rings. The lowest BCUT2D eigenvalue weighted by molar-refractivity contribution is 0.0949. The van der Waals surface area contributed by atoms with Gasteiger partial charge in [0.15, 0.2) is 11.5 Å². The predicted octanol–water partition coefficient (Wildman–Crippen LogP) is 2.35. The van der Waals surface area contributed by atoms with Crippen molar-refractivity contribution < 1.29 is 15.0 Å². The second kappa shape index (κ2) is 6.36. The number of hydrazone groups is 1. The molecule has 2 aromatic carbocycles. The molecule has 7 heteroatoms. The van der Waals surface area contributed by atoms with Crippen molar-refractivity contribution in [2.45, 2.75) is 12.8 Å². The number of carbonyl (C=O) groups is 1. The Morgan fingerprint density at radius 2 is 2.00 bits per heavy atom. The van der Waals surface area contributed by atoms with Crippen molar-refractivity contribution >= 4 is 12.1 Å². The molecule has 0 unspecified atom stereocenters. The van der Waals surface area contributed by atoms with Crippen LogP contribution in [0, 0.1) is 0 Å². The number of aromatic amines is 1. The van der Waals surface area contributed by atoms with Gasteiger partial charge in [0.2, 0.25) is 0 Å². The van der Waals surface area contributed by atoms with Crippen LogP contribution >= 0.6 is 0 Å². The SMILES string of the molecule is O=C(N/N=C\c1ccc(O)c(O)c1)c1[nH]nc2c1CCc1ccccc1-2. The maximum Gasteiger partial charge on any atom is 0.289 e. The molecule has 1 aliphatic carbocycles. The Balaban J connectivity index is 1.52. The molecular weight excluding hydrogens is 332 g/mol. The number of nitrogens with one attached hydrogen (secondary N) is 2. The Hall–Kier alpha value is -3.61. The summed E-state index contributed by atoms with van der Waals surface area (Å²) in [6.45, 7) is 0. The maximum absolute atomic E-state index is 12.4. The van der Waals surface area contributed by atoms with E-state index in [1.807, 2.05) is 18.2 Å². The van der Waals surface area contributed by atoms with E-state index in [1.165, 1.54) is 23.9 Å². The predicted molar refractivity (Wildman–Crippen MR) is 96.3 cm³/mol. The van der Waals surface area contributed by atoms with Gasteiger partial charge in [-0.15, -0.1) is 0 Å². The zero-order valence-corrected chi connectivity index (χ0v) is 13.7. The fraction of sp³-hybridized carbons (Fsp3) is 0.105. The number of benzene rings is 2. The number of phenolic OH excluding ortho intramolecular Hbond substituents is 2. The smallest absolute Gasteiger partial charge is 0.289 e. The van der Waals surface area contributed by atoms with Crippen molar-refractivity contribution in [3.63, 3.8) is 0 Å². The van der Waals surface area contributed by atoms with Crippen LogP contribution in [0.2, 0.25) is 0 Å². The van der Waals surface area contributed by atoms with Gasteiger partial charge in [-0.1, -0.05) is 24.3 Å². The number of amides is 1. The molecule has 0 aliphatic heterocycles. The van der Waals surface area contributed by atoms with Gasteiger partial charge in [0.05, 0.1) is 11.9 Å². The number of aryl methyl sites for hydroxylation is 1. The first-order valence-corrected chi connectivity index (χ1v) is 8.14. The summed E-state index contributed by atoms with van der Waals surface area (Å²) in [5.41, 5.74) is 7.37. The van der Waals surface area contributed by atoms with E-state index in [9.17, 15) is 15.0 Å². The molecule has 26 heavy (non-hydrogen) atoms. The van der Waals surface area contributed by atoms with E-state index < -0.39 is 0 Å². The number of rotatable bonds is 3. The number of aromatic nitrogens is 2. The van der Waals surface area contributed by atoms with Crippen LogP contribution < -0.4 is 5.43 Å². The number of phenols is 2. The lowest BCUT2D eigenvalue weighted by atomic mass is 9.89. The summed E-state index contributed by atoms with van der Waals surface area (Å²) in [5.74, 6) is -0.838. The lowest BCUT2D eigenvalue weighted by Crippen LogP contribution is -2.20. The first kappa shape index (κ1) is 15.9. The number of hydrogen-bond acceptors (Lipinski definition) is 5. The van der Waals surface area contributed by atoms with E-state index in [4.69, 9.17) is 0 Å². The van der Waals surface area contributed by atoms with E-state index >= 15 is 0 Å². The average Bonchev–Trinajstić information content (AvgIpc) is 3.09. The molecule has 3 aromatic rings. The second-order valence-electron chi connectivity index (χ2n) is 6.03. The monoisotopic (exact) mass is 348 g/mol. The highest BCUT2D eigenvalue weighted by Gasteiger charge is 2.24. The molecular formula is C19H16N4O3. The Bertz CT molecular complexity index is 1020. The molecule has 7 nitrogen and oxygen atoms in total. The van der Waals surface area contributed by atoms with Crippen molar-refractivity contribution in [3.8, 4) is 22.8 Å². The minimum absolute atomic E-state index is 0.212. The minimum Gasteiger partial charge on any atom is -0.504 e. The Labute approximate surface area is 149 Å². The van der Waals surface area contributed by atoms with E-state index in [2.05, 4.69) is 26.8 Å². The summed E-state index contributed by atoms with van der Waals surface area (Å²) in [4.78, 5) is 12.4. The Morgan fingerprint density at radius 3 is 2.85 bits per heavy atom. The van der Waals surface area contributed by atoms with Gasteiger partial charge < -0.3 is 10.2 Å². The third kappa shape index (κ3) is 2.79. The number of H-pyrrole nitrogens is 1. The van der Waals surface area contributed by atoms with Gasteiger partial charge in [0, 0.05) is 11.1 Å². The molecule has 0 atom stereocenters. The van der Waals surface area contributed by atoms with E-state index in [0.29, 0.717) is 11.3 Å². The maximum atomic E-state index is 12.4. The summed E-state index contributed by atoms with van der Waals surface area (Å²) in [7, 11) is 0. The number of hydrogen-bond donors (Lipinski definition) is 4. The Kier molecular flexibility index (Phi) is 3.89. The molecule has 0 saturated heterocycles. The Morgan fingerprint density at radius 1 is 1.15 bits per heavy atom. The number of fused-ring (bicyclic) bond motifs is 3. The fourth-order valence-electron chi connectivity index (χ4n) is 3.09. The molecule has 0 saturated carbocycles. The number of carbonyl (C=O) groups excluding carboxylic acids is 1. The zero-order chi connectivity index (χ0) is 18.1. The third-order valence-electron chi connectivity index (χ3n) is 4.39. The van der Waals surface area contributed by atoms with Crippen LogP contribution in [0.1, 0.15) is 27.2 Å². The van der Waals surface area contributed by atoms with Gasteiger partial charge in [-0.2, -0.15) is 10.2 Å².